The number of anilines is 1. The summed E-state index contributed by atoms with van der Waals surface area (Å²) in [5.74, 6) is 1.44. The molecular formula is C27H26N4O2S. The standard InChI is InChI=1S/C27H26N4O2S/c1-18-8-6-9-19(16-18)30-15-7-11-22(30)26-25(21-10-4-5-14-28-21)29-27(34)31(26)23-17-20(32-2)12-13-24(23)33-3/h4-17,25-26H,1-3H3,(H,29,34)/t25-,26-/m1/s1. The van der Waals surface area contributed by atoms with Gasteiger partial charge in [0.2, 0.25) is 0 Å². The largest absolute Gasteiger partial charge is 0.497 e. The lowest BCUT2D eigenvalue weighted by Crippen LogP contribution is -2.30. The Morgan fingerprint density at radius 1 is 0.941 bits per heavy atom. The summed E-state index contributed by atoms with van der Waals surface area (Å²) in [6, 6.07) is 24.0. The molecule has 1 aliphatic rings. The van der Waals surface area contributed by atoms with Crippen LogP contribution in [0.25, 0.3) is 5.69 Å². The van der Waals surface area contributed by atoms with E-state index in [1.807, 2.05) is 42.6 Å². The zero-order valence-corrected chi connectivity index (χ0v) is 20.1. The summed E-state index contributed by atoms with van der Waals surface area (Å²) < 4.78 is 13.5. The average Bonchev–Trinajstić information content (AvgIpc) is 3.48. The van der Waals surface area contributed by atoms with E-state index in [1.165, 1.54) is 5.56 Å². The van der Waals surface area contributed by atoms with E-state index in [0.29, 0.717) is 10.9 Å². The number of ether oxygens (including phenoxy) is 2. The maximum atomic E-state index is 5.90. The summed E-state index contributed by atoms with van der Waals surface area (Å²) in [5.41, 5.74) is 5.12. The van der Waals surface area contributed by atoms with Crippen LogP contribution in [0.1, 0.15) is 29.0 Å². The fraction of sp³-hybridized carbons (Fsp3) is 0.185. The van der Waals surface area contributed by atoms with Gasteiger partial charge in [0, 0.05) is 29.8 Å². The first-order valence-electron chi connectivity index (χ1n) is 11.1. The number of nitrogens with one attached hydrogen (secondary N) is 1. The molecule has 172 valence electrons. The minimum absolute atomic E-state index is 0.164. The minimum atomic E-state index is -0.182. The molecule has 7 heteroatoms. The van der Waals surface area contributed by atoms with Crippen LogP contribution in [0.3, 0.4) is 0 Å². The van der Waals surface area contributed by atoms with Crippen LogP contribution < -0.4 is 19.7 Å². The SMILES string of the molecule is COc1ccc(OC)c(N2C(=S)N[C@H](c3ccccn3)[C@H]2c2cccn2-c2cccc(C)c2)c1. The molecule has 0 aliphatic carbocycles. The quantitative estimate of drug-likeness (QED) is 0.382. The molecule has 4 aromatic rings. The van der Waals surface area contributed by atoms with Gasteiger partial charge in [-0.3, -0.25) is 4.98 Å². The Bertz CT molecular complexity index is 1320. The topological polar surface area (TPSA) is 51.6 Å². The van der Waals surface area contributed by atoms with Crippen LogP contribution >= 0.6 is 12.2 Å². The van der Waals surface area contributed by atoms with Crippen LogP contribution in [0.15, 0.2) is 85.2 Å². The maximum Gasteiger partial charge on any atom is 0.174 e. The van der Waals surface area contributed by atoms with Gasteiger partial charge < -0.3 is 24.3 Å². The zero-order chi connectivity index (χ0) is 23.7. The molecule has 34 heavy (non-hydrogen) atoms. The van der Waals surface area contributed by atoms with Gasteiger partial charge in [-0.2, -0.15) is 0 Å². The van der Waals surface area contributed by atoms with Crippen molar-refractivity contribution in [3.05, 3.63) is 102 Å². The highest BCUT2D eigenvalue weighted by Crippen LogP contribution is 2.46. The third-order valence-electron chi connectivity index (χ3n) is 6.11. The number of aryl methyl sites for hydroxylation is 1. The number of pyridine rings is 1. The average molecular weight is 471 g/mol. The van der Waals surface area contributed by atoms with Crippen LogP contribution in [-0.2, 0) is 0 Å². The van der Waals surface area contributed by atoms with E-state index in [0.717, 1.165) is 28.5 Å². The van der Waals surface area contributed by atoms with E-state index in [1.54, 1.807) is 14.2 Å². The van der Waals surface area contributed by atoms with E-state index in [-0.39, 0.29) is 12.1 Å². The number of thiocarbonyl (C=S) groups is 1. The first-order chi connectivity index (χ1) is 16.6. The van der Waals surface area contributed by atoms with Crippen molar-refractivity contribution >= 4 is 23.0 Å². The van der Waals surface area contributed by atoms with Gasteiger partial charge in [-0.05, 0) is 73.2 Å². The molecule has 2 aromatic carbocycles. The predicted molar refractivity (Wildman–Crippen MR) is 138 cm³/mol. The number of aromatic nitrogens is 2. The third-order valence-corrected chi connectivity index (χ3v) is 6.42. The Kier molecular flexibility index (Phi) is 5.94. The predicted octanol–water partition coefficient (Wildman–Crippen LogP) is 5.38. The summed E-state index contributed by atoms with van der Waals surface area (Å²) in [5, 5.41) is 4.12. The molecule has 6 nitrogen and oxygen atoms in total. The Labute approximate surface area is 204 Å². The molecule has 1 N–H and O–H groups in total. The number of hydrogen-bond donors (Lipinski definition) is 1. The van der Waals surface area contributed by atoms with E-state index < -0.39 is 0 Å². The summed E-state index contributed by atoms with van der Waals surface area (Å²) in [6.07, 6.45) is 3.90. The van der Waals surface area contributed by atoms with E-state index in [2.05, 4.69) is 69.3 Å². The lowest BCUT2D eigenvalue weighted by Gasteiger charge is -2.30. The number of rotatable bonds is 6. The summed E-state index contributed by atoms with van der Waals surface area (Å²) in [7, 11) is 3.32. The highest BCUT2D eigenvalue weighted by molar-refractivity contribution is 7.80. The molecular weight excluding hydrogens is 444 g/mol. The minimum Gasteiger partial charge on any atom is -0.497 e. The van der Waals surface area contributed by atoms with E-state index in [4.69, 9.17) is 21.7 Å². The Balaban J connectivity index is 1.71. The highest BCUT2D eigenvalue weighted by atomic mass is 32.1. The second-order valence-corrected chi connectivity index (χ2v) is 8.56. The van der Waals surface area contributed by atoms with Crippen molar-refractivity contribution in [3.8, 4) is 17.2 Å². The lowest BCUT2D eigenvalue weighted by atomic mass is 10.0. The van der Waals surface area contributed by atoms with Crippen LogP contribution in [0.4, 0.5) is 5.69 Å². The molecule has 0 bridgehead atoms. The van der Waals surface area contributed by atoms with Crippen molar-refractivity contribution in [2.75, 3.05) is 19.1 Å². The molecule has 1 fully saturated rings. The van der Waals surface area contributed by atoms with E-state index in [9.17, 15) is 0 Å². The molecule has 2 aromatic heterocycles. The Morgan fingerprint density at radius 2 is 1.82 bits per heavy atom. The van der Waals surface area contributed by atoms with Crippen molar-refractivity contribution in [2.24, 2.45) is 0 Å². The second kappa shape index (κ2) is 9.19. The number of benzene rings is 2. The summed E-state index contributed by atoms with van der Waals surface area (Å²) in [4.78, 5) is 6.77. The highest BCUT2D eigenvalue weighted by Gasteiger charge is 2.43. The molecule has 1 aliphatic heterocycles. The van der Waals surface area contributed by atoms with Crippen LogP contribution in [-0.4, -0.2) is 28.9 Å². The molecule has 2 atom stereocenters. The maximum absolute atomic E-state index is 5.90. The Hall–Kier alpha value is -3.84. The van der Waals surface area contributed by atoms with Crippen molar-refractivity contribution < 1.29 is 9.47 Å². The van der Waals surface area contributed by atoms with Gasteiger partial charge in [-0.15, -0.1) is 0 Å². The van der Waals surface area contributed by atoms with Crippen LogP contribution in [0, 0.1) is 6.92 Å². The smallest absolute Gasteiger partial charge is 0.174 e. The van der Waals surface area contributed by atoms with Gasteiger partial charge in [-0.25, -0.2) is 0 Å². The van der Waals surface area contributed by atoms with Crippen molar-refractivity contribution in [1.82, 2.24) is 14.9 Å². The summed E-state index contributed by atoms with van der Waals surface area (Å²) in [6.45, 7) is 2.10. The van der Waals surface area contributed by atoms with Gasteiger partial charge >= 0.3 is 0 Å². The van der Waals surface area contributed by atoms with Crippen LogP contribution in [0.2, 0.25) is 0 Å². The second-order valence-electron chi connectivity index (χ2n) is 8.18. The normalized spacial score (nSPS) is 17.5. The third kappa shape index (κ3) is 3.88. The molecule has 0 spiro atoms. The van der Waals surface area contributed by atoms with Crippen molar-refractivity contribution in [1.29, 1.82) is 0 Å². The number of hydrogen-bond acceptors (Lipinski definition) is 4. The molecule has 5 rings (SSSR count). The van der Waals surface area contributed by atoms with Crippen LogP contribution in [0.5, 0.6) is 11.5 Å². The first kappa shape index (κ1) is 22.0. The number of nitrogens with zero attached hydrogens (tertiary/aromatic N) is 3. The lowest BCUT2D eigenvalue weighted by molar-refractivity contribution is 0.402. The monoisotopic (exact) mass is 470 g/mol. The molecule has 0 unspecified atom stereocenters. The molecule has 0 amide bonds. The number of methoxy groups -OCH3 is 2. The fourth-order valence-corrected chi connectivity index (χ4v) is 4.89. The molecule has 3 heterocycles. The Morgan fingerprint density at radius 3 is 2.56 bits per heavy atom. The van der Waals surface area contributed by atoms with Gasteiger partial charge in [0.25, 0.3) is 0 Å². The van der Waals surface area contributed by atoms with Gasteiger partial charge in [0.1, 0.15) is 17.5 Å². The molecule has 0 saturated carbocycles. The van der Waals surface area contributed by atoms with Crippen molar-refractivity contribution in [3.63, 3.8) is 0 Å². The molecule has 1 saturated heterocycles. The molecule has 0 radical (unpaired) electrons. The summed E-state index contributed by atoms with van der Waals surface area (Å²) >= 11 is 5.90. The zero-order valence-electron chi connectivity index (χ0n) is 19.3. The van der Waals surface area contributed by atoms with Gasteiger partial charge in [-0.1, -0.05) is 18.2 Å². The van der Waals surface area contributed by atoms with Gasteiger partial charge in [0.05, 0.1) is 31.6 Å². The van der Waals surface area contributed by atoms with Gasteiger partial charge in [0.15, 0.2) is 5.11 Å². The fourth-order valence-electron chi connectivity index (χ4n) is 4.55. The van der Waals surface area contributed by atoms with E-state index >= 15 is 0 Å². The first-order valence-corrected chi connectivity index (χ1v) is 11.5. The van der Waals surface area contributed by atoms with Crippen molar-refractivity contribution in [2.45, 2.75) is 19.0 Å².